The maximum Gasteiger partial charge on any atom is 0.319 e. The van der Waals surface area contributed by atoms with Gasteiger partial charge in [0.05, 0.1) is 25.9 Å². The van der Waals surface area contributed by atoms with E-state index in [0.717, 1.165) is 50.0 Å². The molecule has 4 fully saturated rings. The number of rotatable bonds is 7. The van der Waals surface area contributed by atoms with E-state index < -0.39 is 17.8 Å². The highest BCUT2D eigenvalue weighted by molar-refractivity contribution is 14.1. The predicted molar refractivity (Wildman–Crippen MR) is 187 cm³/mol. The summed E-state index contributed by atoms with van der Waals surface area (Å²) in [5, 5.41) is 14.4. The molecule has 0 spiro atoms. The third-order valence-corrected chi connectivity index (χ3v) is 12.9. The molecular weight excluding hydrogens is 762 g/mol. The number of benzene rings is 2. The summed E-state index contributed by atoms with van der Waals surface area (Å²) in [6.07, 6.45) is 4.77. The van der Waals surface area contributed by atoms with Gasteiger partial charge in [0.1, 0.15) is 34.4 Å². The van der Waals surface area contributed by atoms with Crippen LogP contribution < -0.4 is 20.7 Å². The van der Waals surface area contributed by atoms with E-state index >= 15 is 4.39 Å². The highest BCUT2D eigenvalue weighted by atomic mass is 127. The summed E-state index contributed by atoms with van der Waals surface area (Å²) >= 11 is 10.1. The Morgan fingerprint density at radius 3 is 2.62 bits per heavy atom. The number of hydrogen-bond donors (Lipinski definition) is 2. The number of nitrogens with two attached hydrogens (primary N) is 1. The molecule has 3 aliphatic heterocycles. The van der Waals surface area contributed by atoms with E-state index in [2.05, 4.69) is 48.8 Å². The zero-order chi connectivity index (χ0) is 32.6. The Balaban J connectivity index is 1.23. The predicted octanol–water partition coefficient (Wildman–Crippen LogP) is 7.19. The third-order valence-electron chi connectivity index (χ3n) is 10.3. The number of nitrogens with zero attached hydrogens (tertiary/aromatic N) is 5. The number of aromatic nitrogens is 2. The molecule has 2 bridgehead atoms. The molecule has 1 saturated carbocycles. The van der Waals surface area contributed by atoms with E-state index in [4.69, 9.17) is 27.1 Å². The lowest BCUT2D eigenvalue weighted by Gasteiger charge is -2.44. The van der Waals surface area contributed by atoms with Crippen molar-refractivity contribution in [2.75, 3.05) is 43.4 Å². The van der Waals surface area contributed by atoms with Crippen LogP contribution in [0.15, 0.2) is 18.2 Å². The molecule has 2 aromatic carbocycles. The number of thiophene rings is 1. The smallest absolute Gasteiger partial charge is 0.319 e. The average Bonchev–Trinajstić information content (AvgIpc) is 3.66. The number of alkyl halides is 2. The quantitative estimate of drug-likeness (QED) is 0.115. The SMILES string of the molecule is N#Cc1c(N)sc2c(F)ccc(-c3c(Cl)cc4c(N5CC6CCC(C5)N6)nc(OCC5(CN6C[C@H](F)C[C@H]6I)CCC5)nc4c3F)c12. The lowest BCUT2D eigenvalue weighted by molar-refractivity contribution is 0.0183. The van der Waals surface area contributed by atoms with Gasteiger partial charge in [-0.2, -0.15) is 15.2 Å². The number of fused-ring (bicyclic) bond motifs is 4. The van der Waals surface area contributed by atoms with Gasteiger partial charge in [-0.1, -0.05) is 46.7 Å². The molecule has 1 aliphatic carbocycles. The topological polar surface area (TPSA) is 103 Å². The minimum absolute atomic E-state index is 0.00723. The maximum absolute atomic E-state index is 17.0. The number of nitriles is 1. The van der Waals surface area contributed by atoms with E-state index in [1.165, 1.54) is 12.1 Å². The first-order chi connectivity index (χ1) is 22.6. The van der Waals surface area contributed by atoms with Crippen molar-refractivity contribution in [3.05, 3.63) is 40.4 Å². The molecule has 4 aromatic rings. The Kier molecular flexibility index (Phi) is 8.10. The molecule has 2 unspecified atom stereocenters. The van der Waals surface area contributed by atoms with Gasteiger partial charge < -0.3 is 20.7 Å². The number of nitrogens with one attached hydrogen (secondary N) is 1. The second-order valence-electron chi connectivity index (χ2n) is 13.4. The average molecular weight is 794 g/mol. The van der Waals surface area contributed by atoms with Crippen molar-refractivity contribution in [3.8, 4) is 23.2 Å². The molecule has 4 atom stereocenters. The molecule has 5 heterocycles. The lowest BCUT2D eigenvalue weighted by Crippen LogP contribution is -2.51. The van der Waals surface area contributed by atoms with Gasteiger partial charge in [0.2, 0.25) is 0 Å². The lowest BCUT2D eigenvalue weighted by atomic mass is 9.69. The van der Waals surface area contributed by atoms with Gasteiger partial charge in [-0.05, 0) is 43.4 Å². The van der Waals surface area contributed by atoms with Crippen molar-refractivity contribution < 1.29 is 17.9 Å². The van der Waals surface area contributed by atoms with E-state index in [1.54, 1.807) is 6.07 Å². The number of anilines is 2. The molecule has 246 valence electrons. The molecule has 8 rings (SSSR count). The summed E-state index contributed by atoms with van der Waals surface area (Å²) in [4.78, 5) is 13.9. The molecular formula is C33H32ClF3IN7OS. The van der Waals surface area contributed by atoms with Gasteiger partial charge in [-0.3, -0.25) is 4.90 Å². The van der Waals surface area contributed by atoms with Crippen LogP contribution in [0.4, 0.5) is 24.0 Å². The van der Waals surface area contributed by atoms with Gasteiger partial charge in [-0.25, -0.2) is 13.2 Å². The first kappa shape index (κ1) is 31.6. The molecule has 3 saturated heterocycles. The minimum atomic E-state index is -0.822. The Hall–Kier alpha value is -2.64. The van der Waals surface area contributed by atoms with Crippen LogP contribution >= 0.6 is 45.5 Å². The van der Waals surface area contributed by atoms with Crippen molar-refractivity contribution in [2.45, 2.75) is 60.8 Å². The third kappa shape index (κ3) is 5.48. The van der Waals surface area contributed by atoms with E-state index in [1.807, 2.05) is 0 Å². The van der Waals surface area contributed by atoms with Gasteiger partial charge in [0.15, 0.2) is 5.82 Å². The van der Waals surface area contributed by atoms with Crippen LogP contribution in [0.5, 0.6) is 6.01 Å². The van der Waals surface area contributed by atoms with Gasteiger partial charge in [0.25, 0.3) is 0 Å². The van der Waals surface area contributed by atoms with Crippen molar-refractivity contribution in [3.63, 3.8) is 0 Å². The standard InChI is InChI=1S/C33H32ClF3IN7OS/c34-22-9-20-28(27(37)26(22)19-4-5-23(36)29-25(19)21(10-39)30(40)47-29)42-32(43-31(20)44-12-17-2-3-18(13-44)41-17)46-15-33(6-1-7-33)14-45-11-16(35)8-24(45)38/h4-5,9,16-18,24,41H,1-3,6-8,11-15,40H2/t16-,17?,18?,24+/m1/s1. The Morgan fingerprint density at radius 2 is 1.96 bits per heavy atom. The van der Waals surface area contributed by atoms with Gasteiger partial charge in [0, 0.05) is 66.4 Å². The highest BCUT2D eigenvalue weighted by Crippen LogP contribution is 2.47. The van der Waals surface area contributed by atoms with Crippen LogP contribution in [-0.2, 0) is 0 Å². The maximum atomic E-state index is 17.0. The van der Waals surface area contributed by atoms with Crippen LogP contribution in [-0.4, -0.2) is 70.0 Å². The summed E-state index contributed by atoms with van der Waals surface area (Å²) in [6.45, 7) is 2.87. The summed E-state index contributed by atoms with van der Waals surface area (Å²) in [5.41, 5.74) is 6.30. The largest absolute Gasteiger partial charge is 0.463 e. The van der Waals surface area contributed by atoms with Gasteiger partial charge >= 0.3 is 6.01 Å². The molecule has 2 aromatic heterocycles. The zero-order valence-electron chi connectivity index (χ0n) is 25.3. The first-order valence-electron chi connectivity index (χ1n) is 15.9. The van der Waals surface area contributed by atoms with E-state index in [9.17, 15) is 14.0 Å². The van der Waals surface area contributed by atoms with Crippen LogP contribution in [0, 0.1) is 28.4 Å². The first-order valence-corrected chi connectivity index (χ1v) is 18.3. The molecule has 0 amide bonds. The van der Waals surface area contributed by atoms with Crippen molar-refractivity contribution in [1.82, 2.24) is 20.2 Å². The second kappa shape index (κ2) is 12.0. The van der Waals surface area contributed by atoms with Crippen LogP contribution in [0.25, 0.3) is 32.1 Å². The number of halogens is 5. The van der Waals surface area contributed by atoms with Crippen molar-refractivity contribution >= 4 is 77.3 Å². The Morgan fingerprint density at radius 1 is 1.19 bits per heavy atom. The molecule has 14 heteroatoms. The normalized spacial score (nSPS) is 25.4. The van der Waals surface area contributed by atoms with Crippen LogP contribution in [0.3, 0.4) is 0 Å². The fraction of sp³-hybridized carbons (Fsp3) is 0.485. The number of ether oxygens (including phenoxy) is 1. The minimum Gasteiger partial charge on any atom is -0.463 e. The molecule has 4 aliphatic rings. The summed E-state index contributed by atoms with van der Waals surface area (Å²) < 4.78 is 52.7. The van der Waals surface area contributed by atoms with E-state index in [-0.39, 0.29) is 57.8 Å². The fourth-order valence-corrected chi connectivity index (χ4v) is 10.1. The molecule has 3 N–H and O–H groups in total. The Labute approximate surface area is 292 Å². The van der Waals surface area contributed by atoms with Crippen LogP contribution in [0.2, 0.25) is 5.02 Å². The fourth-order valence-electron chi connectivity index (χ4n) is 7.83. The number of hydrogen-bond acceptors (Lipinski definition) is 9. The zero-order valence-corrected chi connectivity index (χ0v) is 29.1. The molecule has 0 radical (unpaired) electrons. The monoisotopic (exact) mass is 793 g/mol. The number of likely N-dealkylation sites (tertiary alicyclic amines) is 1. The van der Waals surface area contributed by atoms with Crippen molar-refractivity contribution in [2.24, 2.45) is 5.41 Å². The second-order valence-corrected chi connectivity index (χ2v) is 16.3. The van der Waals surface area contributed by atoms with Crippen molar-refractivity contribution in [1.29, 1.82) is 5.26 Å². The van der Waals surface area contributed by atoms with Gasteiger partial charge in [-0.15, -0.1) is 11.3 Å². The molecule has 47 heavy (non-hydrogen) atoms. The van der Waals surface area contributed by atoms with Crippen LogP contribution in [0.1, 0.15) is 44.1 Å². The number of nitrogen functional groups attached to an aromatic ring is 1. The summed E-state index contributed by atoms with van der Waals surface area (Å²) in [7, 11) is 0. The highest BCUT2D eigenvalue weighted by Gasteiger charge is 2.43. The van der Waals surface area contributed by atoms with E-state index in [0.29, 0.717) is 55.9 Å². The summed E-state index contributed by atoms with van der Waals surface area (Å²) in [5.74, 6) is -0.715. The molecule has 8 nitrogen and oxygen atoms in total. The Bertz CT molecular complexity index is 1940. The number of piperazine rings is 1. The summed E-state index contributed by atoms with van der Waals surface area (Å²) in [6, 6.07) is 7.02.